The zero-order valence-corrected chi connectivity index (χ0v) is 11.8. The molecule has 0 aliphatic heterocycles. The summed E-state index contributed by atoms with van der Waals surface area (Å²) in [7, 11) is 0. The number of halogens is 2. The highest BCUT2D eigenvalue weighted by Crippen LogP contribution is 2.25. The molecule has 0 unspecified atom stereocenters. The summed E-state index contributed by atoms with van der Waals surface area (Å²) >= 11 is 11.9. The Morgan fingerprint density at radius 1 is 1.22 bits per heavy atom. The average Bonchev–Trinajstić information content (AvgIpc) is 2.67. The van der Waals surface area contributed by atoms with Crippen molar-refractivity contribution in [3.05, 3.63) is 16.1 Å². The van der Waals surface area contributed by atoms with E-state index in [-0.39, 0.29) is 5.28 Å². The fourth-order valence-corrected chi connectivity index (χ4v) is 2.25. The first-order valence-electron chi connectivity index (χ1n) is 5.83. The van der Waals surface area contributed by atoms with Gasteiger partial charge in [0.2, 0.25) is 5.28 Å². The van der Waals surface area contributed by atoms with Crippen molar-refractivity contribution in [3.8, 4) is 0 Å². The fourth-order valence-electron chi connectivity index (χ4n) is 1.77. The Kier molecular flexibility index (Phi) is 4.37. The van der Waals surface area contributed by atoms with E-state index < -0.39 is 0 Å². The van der Waals surface area contributed by atoms with E-state index in [4.69, 9.17) is 27.9 Å². The average molecular weight is 289 g/mol. The van der Waals surface area contributed by atoms with Gasteiger partial charge in [-0.2, -0.15) is 5.10 Å². The SMILES string of the molecule is CCOCCn1nc(CC)c2nc(Cl)nc(Cl)c21. The van der Waals surface area contributed by atoms with Gasteiger partial charge in [-0.3, -0.25) is 4.68 Å². The smallest absolute Gasteiger partial charge is 0.224 e. The van der Waals surface area contributed by atoms with Crippen LogP contribution >= 0.6 is 23.2 Å². The minimum absolute atomic E-state index is 0.145. The molecular formula is C11H14Cl2N4O. The quantitative estimate of drug-likeness (QED) is 0.482. The molecule has 2 rings (SSSR count). The van der Waals surface area contributed by atoms with E-state index in [0.717, 1.165) is 23.1 Å². The van der Waals surface area contributed by atoms with Crippen molar-refractivity contribution in [1.82, 2.24) is 19.7 Å². The van der Waals surface area contributed by atoms with E-state index in [2.05, 4.69) is 15.1 Å². The number of aromatic nitrogens is 4. The normalized spacial score (nSPS) is 11.3. The molecule has 0 radical (unpaired) electrons. The van der Waals surface area contributed by atoms with Crippen molar-refractivity contribution in [2.75, 3.05) is 13.2 Å². The van der Waals surface area contributed by atoms with Crippen LogP contribution in [0, 0.1) is 0 Å². The lowest BCUT2D eigenvalue weighted by molar-refractivity contribution is 0.137. The van der Waals surface area contributed by atoms with Crippen LogP contribution in [0.1, 0.15) is 19.5 Å². The van der Waals surface area contributed by atoms with Gasteiger partial charge in [0.05, 0.1) is 18.8 Å². The van der Waals surface area contributed by atoms with Crippen LogP contribution in [0.15, 0.2) is 0 Å². The molecular weight excluding hydrogens is 275 g/mol. The first kappa shape index (κ1) is 13.5. The Morgan fingerprint density at radius 2 is 2.00 bits per heavy atom. The van der Waals surface area contributed by atoms with Crippen LogP contribution in [0.2, 0.25) is 10.4 Å². The molecule has 0 bridgehead atoms. The molecule has 98 valence electrons. The molecule has 7 heteroatoms. The second kappa shape index (κ2) is 5.82. The number of hydrogen-bond donors (Lipinski definition) is 0. The Morgan fingerprint density at radius 3 is 2.67 bits per heavy atom. The van der Waals surface area contributed by atoms with Crippen LogP contribution in [0.4, 0.5) is 0 Å². The van der Waals surface area contributed by atoms with E-state index in [0.29, 0.717) is 24.9 Å². The highest BCUT2D eigenvalue weighted by Gasteiger charge is 2.15. The number of rotatable bonds is 5. The zero-order chi connectivity index (χ0) is 13.1. The summed E-state index contributed by atoms with van der Waals surface area (Å²) < 4.78 is 7.10. The van der Waals surface area contributed by atoms with Gasteiger partial charge in [0, 0.05) is 6.61 Å². The molecule has 0 fully saturated rings. The molecule has 0 saturated heterocycles. The van der Waals surface area contributed by atoms with Gasteiger partial charge < -0.3 is 4.74 Å². The first-order chi connectivity index (χ1) is 8.67. The van der Waals surface area contributed by atoms with E-state index in [1.807, 2.05) is 13.8 Å². The monoisotopic (exact) mass is 288 g/mol. The van der Waals surface area contributed by atoms with Gasteiger partial charge in [0.1, 0.15) is 11.0 Å². The van der Waals surface area contributed by atoms with Crippen LogP contribution in [-0.2, 0) is 17.7 Å². The third-order valence-corrected chi connectivity index (χ3v) is 3.01. The predicted molar refractivity (Wildman–Crippen MR) is 71.2 cm³/mol. The number of hydrogen-bond acceptors (Lipinski definition) is 4. The number of fused-ring (bicyclic) bond motifs is 1. The molecule has 0 amide bonds. The highest BCUT2D eigenvalue weighted by atomic mass is 35.5. The summed E-state index contributed by atoms with van der Waals surface area (Å²) in [5, 5.41) is 4.95. The molecule has 0 saturated carbocycles. The molecule has 0 aliphatic carbocycles. The lowest BCUT2D eigenvalue weighted by Gasteiger charge is -2.04. The molecule has 18 heavy (non-hydrogen) atoms. The molecule has 0 aromatic carbocycles. The Hall–Kier alpha value is -0.910. The minimum Gasteiger partial charge on any atom is -0.380 e. The third-order valence-electron chi connectivity index (χ3n) is 2.57. The number of aryl methyl sites for hydroxylation is 1. The van der Waals surface area contributed by atoms with Crippen LogP contribution in [0.3, 0.4) is 0 Å². The Labute approximate surface area is 115 Å². The van der Waals surface area contributed by atoms with Gasteiger partial charge in [-0.15, -0.1) is 0 Å². The van der Waals surface area contributed by atoms with Gasteiger partial charge in [0.25, 0.3) is 0 Å². The van der Waals surface area contributed by atoms with Crippen molar-refractivity contribution >= 4 is 34.2 Å². The van der Waals surface area contributed by atoms with Crippen LogP contribution in [-0.4, -0.2) is 33.0 Å². The van der Waals surface area contributed by atoms with Gasteiger partial charge in [-0.1, -0.05) is 18.5 Å². The van der Waals surface area contributed by atoms with Crippen LogP contribution < -0.4 is 0 Å². The summed E-state index contributed by atoms with van der Waals surface area (Å²) in [6.45, 7) is 5.84. The van der Waals surface area contributed by atoms with Crippen molar-refractivity contribution in [3.63, 3.8) is 0 Å². The first-order valence-corrected chi connectivity index (χ1v) is 6.59. The molecule has 0 N–H and O–H groups in total. The summed E-state index contributed by atoms with van der Waals surface area (Å²) in [6.07, 6.45) is 0.766. The van der Waals surface area contributed by atoms with E-state index in [1.165, 1.54) is 0 Å². The molecule has 0 atom stereocenters. The molecule has 0 aliphatic rings. The van der Waals surface area contributed by atoms with Crippen molar-refractivity contribution < 1.29 is 4.74 Å². The van der Waals surface area contributed by atoms with Crippen molar-refractivity contribution in [1.29, 1.82) is 0 Å². The lowest BCUT2D eigenvalue weighted by atomic mass is 10.3. The Balaban J connectivity index is 2.46. The van der Waals surface area contributed by atoms with Gasteiger partial charge >= 0.3 is 0 Å². The zero-order valence-electron chi connectivity index (χ0n) is 10.3. The maximum absolute atomic E-state index is 6.11. The summed E-state index contributed by atoms with van der Waals surface area (Å²) in [5.74, 6) is 0. The van der Waals surface area contributed by atoms with E-state index in [1.54, 1.807) is 4.68 Å². The van der Waals surface area contributed by atoms with Gasteiger partial charge in [-0.25, -0.2) is 9.97 Å². The van der Waals surface area contributed by atoms with E-state index >= 15 is 0 Å². The molecule has 2 heterocycles. The third kappa shape index (κ3) is 2.58. The second-order valence-electron chi connectivity index (χ2n) is 3.70. The molecule has 0 spiro atoms. The summed E-state index contributed by atoms with van der Waals surface area (Å²) in [5.41, 5.74) is 2.31. The molecule has 2 aromatic heterocycles. The van der Waals surface area contributed by atoms with Crippen molar-refractivity contribution in [2.24, 2.45) is 0 Å². The van der Waals surface area contributed by atoms with Crippen molar-refractivity contribution in [2.45, 2.75) is 26.8 Å². The summed E-state index contributed by atoms with van der Waals surface area (Å²) in [4.78, 5) is 8.16. The lowest BCUT2D eigenvalue weighted by Crippen LogP contribution is -2.08. The van der Waals surface area contributed by atoms with Crippen LogP contribution in [0.25, 0.3) is 11.0 Å². The topological polar surface area (TPSA) is 52.8 Å². The number of ether oxygens (including phenoxy) is 1. The van der Waals surface area contributed by atoms with Gasteiger partial charge in [0.15, 0.2) is 5.15 Å². The largest absolute Gasteiger partial charge is 0.380 e. The standard InChI is InChI=1S/C11H14Cl2N4O/c1-3-7-8-9(10(12)15-11(13)14-8)17(16-7)5-6-18-4-2/h3-6H2,1-2H3. The maximum atomic E-state index is 6.11. The molecule has 5 nitrogen and oxygen atoms in total. The highest BCUT2D eigenvalue weighted by molar-refractivity contribution is 6.35. The minimum atomic E-state index is 0.145. The number of nitrogens with zero attached hydrogens (tertiary/aromatic N) is 4. The van der Waals surface area contributed by atoms with Crippen LogP contribution in [0.5, 0.6) is 0 Å². The van der Waals surface area contributed by atoms with Gasteiger partial charge in [-0.05, 0) is 24.9 Å². The molecule has 2 aromatic rings. The second-order valence-corrected chi connectivity index (χ2v) is 4.40. The summed E-state index contributed by atoms with van der Waals surface area (Å²) in [6, 6.07) is 0. The fraction of sp³-hybridized carbons (Fsp3) is 0.545. The van der Waals surface area contributed by atoms with E-state index in [9.17, 15) is 0 Å². The Bertz CT molecular complexity index is 555. The maximum Gasteiger partial charge on any atom is 0.224 e. The predicted octanol–water partition coefficient (Wildman–Crippen LogP) is 2.73.